The lowest BCUT2D eigenvalue weighted by Gasteiger charge is -2.32. The molecule has 1 aromatic rings. The molecule has 0 saturated carbocycles. The van der Waals surface area contributed by atoms with Crippen molar-refractivity contribution >= 4 is 27.3 Å². The van der Waals surface area contributed by atoms with Crippen LogP contribution in [0.15, 0.2) is 15.9 Å². The summed E-state index contributed by atoms with van der Waals surface area (Å²) in [6.45, 7) is 8.23. The molecule has 2 nitrogen and oxygen atoms in total. The molecule has 18 heavy (non-hydrogen) atoms. The van der Waals surface area contributed by atoms with Gasteiger partial charge in [-0.1, -0.05) is 6.92 Å². The maximum Gasteiger partial charge on any atom is 0.0701 e. The van der Waals surface area contributed by atoms with Gasteiger partial charge in [0.25, 0.3) is 0 Å². The fourth-order valence-electron chi connectivity index (χ4n) is 2.60. The normalized spacial score (nSPS) is 21.3. The molecular formula is C14H23BrN2S. The number of likely N-dealkylation sites (tertiary alicyclic amines) is 1. The molecule has 0 spiro atoms. The van der Waals surface area contributed by atoms with Gasteiger partial charge in [0.1, 0.15) is 0 Å². The predicted octanol–water partition coefficient (Wildman–Crippen LogP) is 3.72. The second kappa shape index (κ2) is 7.63. The van der Waals surface area contributed by atoms with E-state index in [9.17, 15) is 0 Å². The van der Waals surface area contributed by atoms with E-state index >= 15 is 0 Å². The highest BCUT2D eigenvalue weighted by Gasteiger charge is 2.19. The Kier molecular flexibility index (Phi) is 6.15. The highest BCUT2D eigenvalue weighted by Crippen LogP contribution is 2.25. The Morgan fingerprint density at radius 3 is 3.11 bits per heavy atom. The summed E-state index contributed by atoms with van der Waals surface area (Å²) in [5.74, 6) is 0.841. The van der Waals surface area contributed by atoms with Gasteiger partial charge in [-0.15, -0.1) is 11.3 Å². The van der Waals surface area contributed by atoms with Gasteiger partial charge in [-0.05, 0) is 72.9 Å². The van der Waals surface area contributed by atoms with E-state index in [0.29, 0.717) is 0 Å². The van der Waals surface area contributed by atoms with Crippen LogP contribution >= 0.6 is 27.3 Å². The van der Waals surface area contributed by atoms with E-state index in [4.69, 9.17) is 0 Å². The second-order valence-corrected chi connectivity index (χ2v) is 7.70. The standard InChI is InChI=1S/C14H23BrN2S/c1-2-7-16-9-12-4-3-8-17(10-12)11-13-5-6-14(15)18-13/h5-6,12,16H,2-4,7-11H2,1H3. The van der Waals surface area contributed by atoms with Crippen LogP contribution in [0.25, 0.3) is 0 Å². The van der Waals surface area contributed by atoms with Gasteiger partial charge in [0.05, 0.1) is 3.79 Å². The number of hydrogen-bond donors (Lipinski definition) is 1. The van der Waals surface area contributed by atoms with E-state index in [1.807, 2.05) is 11.3 Å². The molecule has 4 heteroatoms. The van der Waals surface area contributed by atoms with Crippen molar-refractivity contribution < 1.29 is 0 Å². The monoisotopic (exact) mass is 330 g/mol. The molecule has 0 radical (unpaired) electrons. The van der Waals surface area contributed by atoms with Gasteiger partial charge in [0, 0.05) is 18.0 Å². The molecule has 1 aromatic heterocycles. The molecule has 2 rings (SSSR count). The van der Waals surface area contributed by atoms with Crippen LogP contribution in [0.4, 0.5) is 0 Å². The lowest BCUT2D eigenvalue weighted by atomic mass is 9.98. The zero-order chi connectivity index (χ0) is 12.8. The molecule has 1 aliphatic heterocycles. The SMILES string of the molecule is CCCNCC1CCCN(Cc2ccc(Br)s2)C1. The van der Waals surface area contributed by atoms with Gasteiger partial charge in [0.15, 0.2) is 0 Å². The highest BCUT2D eigenvalue weighted by molar-refractivity contribution is 9.11. The van der Waals surface area contributed by atoms with E-state index < -0.39 is 0 Å². The average molecular weight is 331 g/mol. The largest absolute Gasteiger partial charge is 0.316 e. The quantitative estimate of drug-likeness (QED) is 0.799. The molecule has 1 saturated heterocycles. The molecule has 102 valence electrons. The van der Waals surface area contributed by atoms with Crippen molar-refractivity contribution in [1.29, 1.82) is 0 Å². The van der Waals surface area contributed by atoms with Crippen molar-refractivity contribution in [1.82, 2.24) is 10.2 Å². The summed E-state index contributed by atoms with van der Waals surface area (Å²) in [5.41, 5.74) is 0. The summed E-state index contributed by atoms with van der Waals surface area (Å²) in [5, 5.41) is 3.56. The van der Waals surface area contributed by atoms with Gasteiger partial charge in [-0.3, -0.25) is 4.90 Å². The summed E-state index contributed by atoms with van der Waals surface area (Å²) in [4.78, 5) is 4.09. The summed E-state index contributed by atoms with van der Waals surface area (Å²) in [7, 11) is 0. The van der Waals surface area contributed by atoms with E-state index in [1.54, 1.807) is 0 Å². The van der Waals surface area contributed by atoms with Gasteiger partial charge in [-0.2, -0.15) is 0 Å². The fraction of sp³-hybridized carbons (Fsp3) is 0.714. The minimum Gasteiger partial charge on any atom is -0.316 e. The van der Waals surface area contributed by atoms with Crippen molar-refractivity contribution in [2.24, 2.45) is 5.92 Å². The first kappa shape index (κ1) is 14.5. The fourth-order valence-corrected chi connectivity index (χ4v) is 4.13. The Balaban J connectivity index is 1.76. The molecule has 0 aromatic carbocycles. The van der Waals surface area contributed by atoms with Gasteiger partial charge in [-0.25, -0.2) is 0 Å². The maximum absolute atomic E-state index is 3.56. The van der Waals surface area contributed by atoms with Crippen LogP contribution < -0.4 is 5.32 Å². The van der Waals surface area contributed by atoms with E-state index in [0.717, 1.165) is 19.0 Å². The Labute approximate surface area is 123 Å². The lowest BCUT2D eigenvalue weighted by molar-refractivity contribution is 0.167. The zero-order valence-corrected chi connectivity index (χ0v) is 13.5. The van der Waals surface area contributed by atoms with Crippen molar-refractivity contribution in [3.63, 3.8) is 0 Å². The molecule has 0 amide bonds. The van der Waals surface area contributed by atoms with Gasteiger partial charge in [0.2, 0.25) is 0 Å². The van der Waals surface area contributed by atoms with Crippen molar-refractivity contribution in [2.45, 2.75) is 32.7 Å². The summed E-state index contributed by atoms with van der Waals surface area (Å²) in [6.07, 6.45) is 3.98. The number of rotatable bonds is 6. The molecule has 1 atom stereocenters. The van der Waals surface area contributed by atoms with Crippen LogP contribution in [-0.2, 0) is 6.54 Å². The van der Waals surface area contributed by atoms with Crippen LogP contribution in [0.2, 0.25) is 0 Å². The molecule has 2 heterocycles. The first-order chi connectivity index (χ1) is 8.78. The highest BCUT2D eigenvalue weighted by atomic mass is 79.9. The Morgan fingerprint density at radius 2 is 2.39 bits per heavy atom. The van der Waals surface area contributed by atoms with Gasteiger partial charge >= 0.3 is 0 Å². The van der Waals surface area contributed by atoms with E-state index in [-0.39, 0.29) is 0 Å². The first-order valence-corrected chi connectivity index (χ1v) is 8.56. The number of nitrogens with zero attached hydrogens (tertiary/aromatic N) is 1. The summed E-state index contributed by atoms with van der Waals surface area (Å²) < 4.78 is 1.25. The third kappa shape index (κ3) is 4.65. The van der Waals surface area contributed by atoms with E-state index in [1.165, 1.54) is 47.6 Å². The van der Waals surface area contributed by atoms with Crippen LogP contribution in [0, 0.1) is 5.92 Å². The molecular weight excluding hydrogens is 308 g/mol. The van der Waals surface area contributed by atoms with Crippen molar-refractivity contribution in [3.05, 3.63) is 20.8 Å². The Bertz CT molecular complexity index is 353. The molecule has 1 unspecified atom stereocenters. The lowest BCUT2D eigenvalue weighted by Crippen LogP contribution is -2.39. The minimum absolute atomic E-state index is 0.841. The number of halogens is 1. The number of piperidine rings is 1. The predicted molar refractivity (Wildman–Crippen MR) is 83.2 cm³/mol. The van der Waals surface area contributed by atoms with Crippen LogP contribution in [0.3, 0.4) is 0 Å². The molecule has 1 aliphatic rings. The first-order valence-electron chi connectivity index (χ1n) is 6.95. The van der Waals surface area contributed by atoms with Gasteiger partial charge < -0.3 is 5.32 Å². The Hall–Kier alpha value is 0.1000. The van der Waals surface area contributed by atoms with Crippen LogP contribution in [0.5, 0.6) is 0 Å². The number of thiophene rings is 1. The second-order valence-electron chi connectivity index (χ2n) is 5.15. The Morgan fingerprint density at radius 1 is 1.50 bits per heavy atom. The zero-order valence-electron chi connectivity index (χ0n) is 11.1. The van der Waals surface area contributed by atoms with Crippen LogP contribution in [-0.4, -0.2) is 31.1 Å². The molecule has 1 fully saturated rings. The summed E-state index contributed by atoms with van der Waals surface area (Å²) in [6, 6.07) is 4.40. The minimum atomic E-state index is 0.841. The maximum atomic E-state index is 3.56. The van der Waals surface area contributed by atoms with Crippen LogP contribution in [0.1, 0.15) is 31.1 Å². The average Bonchev–Trinajstić information content (AvgIpc) is 2.76. The third-order valence-electron chi connectivity index (χ3n) is 3.47. The number of nitrogens with one attached hydrogen (secondary N) is 1. The molecule has 0 aliphatic carbocycles. The number of hydrogen-bond acceptors (Lipinski definition) is 3. The smallest absolute Gasteiger partial charge is 0.0701 e. The van der Waals surface area contributed by atoms with E-state index in [2.05, 4.69) is 45.2 Å². The third-order valence-corrected chi connectivity index (χ3v) is 5.08. The van der Waals surface area contributed by atoms with Crippen molar-refractivity contribution in [3.8, 4) is 0 Å². The van der Waals surface area contributed by atoms with Crippen molar-refractivity contribution in [2.75, 3.05) is 26.2 Å². The molecule has 1 N–H and O–H groups in total. The topological polar surface area (TPSA) is 15.3 Å². The summed E-state index contributed by atoms with van der Waals surface area (Å²) >= 11 is 5.40. The molecule has 0 bridgehead atoms.